The molecule has 0 fully saturated rings. The fraction of sp³-hybridized carbons (Fsp3) is 0.545. The van der Waals surface area contributed by atoms with E-state index in [0.717, 1.165) is 32.5 Å². The van der Waals surface area contributed by atoms with Crippen LogP contribution in [0.2, 0.25) is 0 Å². The van der Waals surface area contributed by atoms with Crippen molar-refractivity contribution in [2.24, 2.45) is 0 Å². The average Bonchev–Trinajstić information content (AvgIpc) is 2.64. The number of carboxylic acids is 1. The molecule has 0 saturated carbocycles. The third-order valence-electron chi connectivity index (χ3n) is 2.89. The third kappa shape index (κ3) is 2.79. The first-order valence-corrected chi connectivity index (χ1v) is 6.22. The Hall–Kier alpha value is -0.870. The quantitative estimate of drug-likeness (QED) is 0.730. The van der Waals surface area contributed by atoms with Crippen LogP contribution in [0.15, 0.2) is 11.4 Å². The van der Waals surface area contributed by atoms with Crippen LogP contribution < -0.4 is 10.0 Å². The molecule has 0 spiro atoms. The minimum Gasteiger partial charge on any atom is -0.550 e. The first-order chi connectivity index (χ1) is 7.25. The molecule has 1 atom stereocenters. The van der Waals surface area contributed by atoms with E-state index in [4.69, 9.17) is 0 Å². The molecule has 1 aliphatic heterocycles. The maximum atomic E-state index is 10.3. The summed E-state index contributed by atoms with van der Waals surface area (Å²) >= 11 is 1.84. The molecular weight excluding hydrogens is 210 g/mol. The fourth-order valence-corrected chi connectivity index (χ4v) is 3.00. The van der Waals surface area contributed by atoms with Gasteiger partial charge in [-0.25, -0.2) is 0 Å². The summed E-state index contributed by atoms with van der Waals surface area (Å²) in [5.41, 5.74) is 1.45. The van der Waals surface area contributed by atoms with E-state index in [1.54, 1.807) is 0 Å². The van der Waals surface area contributed by atoms with E-state index in [1.165, 1.54) is 15.3 Å². The van der Waals surface area contributed by atoms with E-state index < -0.39 is 5.97 Å². The van der Waals surface area contributed by atoms with Crippen LogP contribution in [0.4, 0.5) is 0 Å². The number of carboxylic acid groups (broad SMARTS) is 1. The van der Waals surface area contributed by atoms with Crippen LogP contribution >= 0.6 is 11.3 Å². The van der Waals surface area contributed by atoms with E-state index >= 15 is 0 Å². The number of quaternary nitrogens is 1. The minimum absolute atomic E-state index is 0.194. The number of fused-ring (bicyclic) bond motifs is 1. The number of aliphatic carboxylic acids is 1. The second-order valence-corrected chi connectivity index (χ2v) is 5.02. The average molecular weight is 225 g/mol. The van der Waals surface area contributed by atoms with Crippen molar-refractivity contribution in [3.8, 4) is 0 Å². The third-order valence-corrected chi connectivity index (χ3v) is 3.92. The standard InChI is InChI=1S/C11H15NO2S/c13-11(14)2-1-5-12-6-3-10-9(8-12)4-7-15-10/h4,7H,1-3,5-6,8H2,(H,13,14). The van der Waals surface area contributed by atoms with E-state index in [1.807, 2.05) is 11.3 Å². The second-order valence-electron chi connectivity index (χ2n) is 4.02. The van der Waals surface area contributed by atoms with Crippen molar-refractivity contribution in [2.75, 3.05) is 13.1 Å². The van der Waals surface area contributed by atoms with Crippen LogP contribution in [-0.4, -0.2) is 19.1 Å². The Morgan fingerprint density at radius 2 is 2.47 bits per heavy atom. The first kappa shape index (κ1) is 10.6. The molecule has 4 heteroatoms. The highest BCUT2D eigenvalue weighted by molar-refractivity contribution is 7.10. The number of hydrogen-bond acceptors (Lipinski definition) is 3. The van der Waals surface area contributed by atoms with E-state index in [0.29, 0.717) is 0 Å². The van der Waals surface area contributed by atoms with Crippen molar-refractivity contribution in [3.63, 3.8) is 0 Å². The molecule has 15 heavy (non-hydrogen) atoms. The lowest BCUT2D eigenvalue weighted by atomic mass is 10.1. The molecular formula is C11H15NO2S. The Bertz CT molecular complexity index is 348. The van der Waals surface area contributed by atoms with Crippen molar-refractivity contribution >= 4 is 17.3 Å². The Labute approximate surface area is 93.3 Å². The highest BCUT2D eigenvalue weighted by Gasteiger charge is 2.19. The summed E-state index contributed by atoms with van der Waals surface area (Å²) in [6, 6.07) is 2.19. The van der Waals surface area contributed by atoms with Crippen LogP contribution in [0.1, 0.15) is 23.3 Å². The first-order valence-electron chi connectivity index (χ1n) is 5.34. The monoisotopic (exact) mass is 225 g/mol. The van der Waals surface area contributed by atoms with Crippen LogP contribution in [0.3, 0.4) is 0 Å². The molecule has 82 valence electrons. The summed E-state index contributed by atoms with van der Waals surface area (Å²) in [7, 11) is 0. The lowest BCUT2D eigenvalue weighted by Gasteiger charge is -2.23. The van der Waals surface area contributed by atoms with Gasteiger partial charge in [0.25, 0.3) is 0 Å². The molecule has 1 aromatic rings. The smallest absolute Gasteiger partial charge is 0.104 e. The number of hydrogen-bond donors (Lipinski definition) is 1. The highest BCUT2D eigenvalue weighted by Crippen LogP contribution is 2.17. The van der Waals surface area contributed by atoms with Crippen LogP contribution in [-0.2, 0) is 17.8 Å². The predicted molar refractivity (Wildman–Crippen MR) is 56.7 cm³/mol. The number of carbonyl (C=O) groups is 1. The molecule has 0 amide bonds. The van der Waals surface area contributed by atoms with E-state index in [9.17, 15) is 9.90 Å². The summed E-state index contributed by atoms with van der Waals surface area (Å²) in [5.74, 6) is -0.928. The molecule has 0 bridgehead atoms. The predicted octanol–water partition coefficient (Wildman–Crippen LogP) is -0.781. The molecule has 1 aromatic heterocycles. The molecule has 3 nitrogen and oxygen atoms in total. The summed E-state index contributed by atoms with van der Waals surface area (Å²) in [6.07, 6.45) is 2.07. The lowest BCUT2D eigenvalue weighted by Crippen LogP contribution is -3.11. The van der Waals surface area contributed by atoms with Crippen LogP contribution in [0.5, 0.6) is 0 Å². The summed E-state index contributed by atoms with van der Waals surface area (Å²) < 4.78 is 0. The highest BCUT2D eigenvalue weighted by atomic mass is 32.1. The molecule has 1 aliphatic rings. The molecule has 1 N–H and O–H groups in total. The molecule has 2 heterocycles. The van der Waals surface area contributed by atoms with Gasteiger partial charge >= 0.3 is 0 Å². The largest absolute Gasteiger partial charge is 0.550 e. The number of rotatable bonds is 4. The number of thiophene rings is 1. The maximum Gasteiger partial charge on any atom is 0.104 e. The van der Waals surface area contributed by atoms with Gasteiger partial charge in [0.15, 0.2) is 0 Å². The lowest BCUT2D eigenvalue weighted by molar-refractivity contribution is -0.916. The zero-order valence-electron chi connectivity index (χ0n) is 8.62. The minimum atomic E-state index is -0.928. The van der Waals surface area contributed by atoms with Crippen molar-refractivity contribution in [1.29, 1.82) is 0 Å². The van der Waals surface area contributed by atoms with E-state index in [-0.39, 0.29) is 6.42 Å². The van der Waals surface area contributed by atoms with Gasteiger partial charge < -0.3 is 14.8 Å². The SMILES string of the molecule is O=C([O-])CCC[NH+]1CCc2sccc2C1. The van der Waals surface area contributed by atoms with E-state index in [2.05, 4.69) is 11.4 Å². The molecule has 0 aromatic carbocycles. The molecule has 0 saturated heterocycles. The van der Waals surface area contributed by atoms with Crippen molar-refractivity contribution < 1.29 is 14.8 Å². The summed E-state index contributed by atoms with van der Waals surface area (Å²) in [4.78, 5) is 13.3. The van der Waals surface area contributed by atoms with Gasteiger partial charge in [0.2, 0.25) is 0 Å². The van der Waals surface area contributed by atoms with Crippen molar-refractivity contribution in [2.45, 2.75) is 25.8 Å². The summed E-state index contributed by atoms with van der Waals surface area (Å²) in [5, 5.41) is 12.4. The zero-order chi connectivity index (χ0) is 10.7. The second kappa shape index (κ2) is 4.77. The zero-order valence-corrected chi connectivity index (χ0v) is 9.44. The van der Waals surface area contributed by atoms with Crippen LogP contribution in [0.25, 0.3) is 0 Å². The molecule has 2 rings (SSSR count). The van der Waals surface area contributed by atoms with Gasteiger partial charge in [-0.2, -0.15) is 0 Å². The topological polar surface area (TPSA) is 44.6 Å². The Morgan fingerprint density at radius 1 is 1.60 bits per heavy atom. The Morgan fingerprint density at radius 3 is 3.27 bits per heavy atom. The number of nitrogens with one attached hydrogen (secondary N) is 1. The molecule has 0 radical (unpaired) electrons. The Balaban J connectivity index is 1.80. The fourth-order valence-electron chi connectivity index (χ4n) is 2.09. The summed E-state index contributed by atoms with van der Waals surface area (Å²) in [6.45, 7) is 3.15. The Kier molecular flexibility index (Phi) is 3.38. The van der Waals surface area contributed by atoms with Gasteiger partial charge in [0.05, 0.1) is 13.1 Å². The maximum absolute atomic E-state index is 10.3. The van der Waals surface area contributed by atoms with Crippen LogP contribution in [0, 0.1) is 0 Å². The van der Waals surface area contributed by atoms with Gasteiger partial charge in [-0.3, -0.25) is 0 Å². The van der Waals surface area contributed by atoms with Gasteiger partial charge in [-0.1, -0.05) is 0 Å². The van der Waals surface area contributed by atoms with Gasteiger partial charge in [0.1, 0.15) is 6.54 Å². The van der Waals surface area contributed by atoms with Crippen molar-refractivity contribution in [1.82, 2.24) is 0 Å². The molecule has 0 aliphatic carbocycles. The van der Waals surface area contributed by atoms with Gasteiger partial charge in [-0.05, 0) is 17.9 Å². The van der Waals surface area contributed by atoms with Gasteiger partial charge in [-0.15, -0.1) is 11.3 Å². The van der Waals surface area contributed by atoms with Crippen molar-refractivity contribution in [3.05, 3.63) is 21.9 Å². The molecule has 1 unspecified atom stereocenters. The van der Waals surface area contributed by atoms with Gasteiger partial charge in [0, 0.05) is 29.3 Å². The number of carbonyl (C=O) groups excluding carboxylic acids is 1. The normalized spacial score (nSPS) is 19.9.